The van der Waals surface area contributed by atoms with Gasteiger partial charge in [-0.1, -0.05) is 0 Å². The molecule has 1 unspecified atom stereocenters. The monoisotopic (exact) mass is 187 g/mol. The van der Waals surface area contributed by atoms with E-state index in [1.165, 1.54) is 6.92 Å². The molecule has 0 saturated carbocycles. The molecule has 6 heteroatoms. The summed E-state index contributed by atoms with van der Waals surface area (Å²) in [6.07, 6.45) is 0. The molecule has 0 aromatic carbocycles. The van der Waals surface area contributed by atoms with Crippen molar-refractivity contribution in [3.8, 4) is 0 Å². The van der Waals surface area contributed by atoms with Gasteiger partial charge in [0.25, 0.3) is 0 Å². The topological polar surface area (TPSA) is 69.4 Å². The molecule has 0 radical (unpaired) electrons. The van der Waals surface area contributed by atoms with E-state index >= 15 is 0 Å². The van der Waals surface area contributed by atoms with Crippen LogP contribution in [0.3, 0.4) is 0 Å². The fraction of sp³-hybridized carbons (Fsp3) is 0.600. The van der Waals surface area contributed by atoms with Crippen LogP contribution in [0.15, 0.2) is 0 Å². The first-order valence-corrected chi connectivity index (χ1v) is 3.22. The Labute approximate surface area is 92.5 Å². The van der Waals surface area contributed by atoms with Crippen LogP contribution in [0.25, 0.3) is 0 Å². The average Bonchev–Trinajstić information content (AvgIpc) is 1.87. The molecule has 4 nitrogen and oxygen atoms in total. The first-order chi connectivity index (χ1) is 4.57. The van der Waals surface area contributed by atoms with Gasteiger partial charge in [0, 0.05) is 0 Å². The molecule has 0 saturated heterocycles. The zero-order valence-electron chi connectivity index (χ0n) is 5.53. The Hall–Kier alpha value is 0.450. The molecule has 0 spiro atoms. The third-order valence-corrected chi connectivity index (χ3v) is 0.933. The zero-order valence-corrected chi connectivity index (χ0v) is 6.43. The van der Waals surface area contributed by atoms with E-state index < -0.39 is 17.2 Å². The van der Waals surface area contributed by atoms with Crippen LogP contribution in [0.2, 0.25) is 0 Å². The van der Waals surface area contributed by atoms with Gasteiger partial charge in [-0.15, -0.1) is 0 Å². The van der Waals surface area contributed by atoms with E-state index in [2.05, 4.69) is 17.4 Å². The van der Waals surface area contributed by atoms with E-state index in [4.69, 9.17) is 5.73 Å². The maximum atomic E-state index is 10.5. The van der Waals surface area contributed by atoms with Crippen molar-refractivity contribution in [2.24, 2.45) is 5.73 Å². The van der Waals surface area contributed by atoms with E-state index in [9.17, 15) is 9.59 Å². The van der Waals surface area contributed by atoms with Crippen LogP contribution in [0.1, 0.15) is 6.92 Å². The second kappa shape index (κ2) is 7.12. The van der Waals surface area contributed by atoms with E-state index in [1.54, 1.807) is 0 Å². The molecular weight excluding hydrogens is 177 g/mol. The summed E-state index contributed by atoms with van der Waals surface area (Å²) in [6, 6.07) is 0. The second-order valence-corrected chi connectivity index (χ2v) is 2.45. The predicted octanol–water partition coefficient (Wildman–Crippen LogP) is -1.32. The van der Waals surface area contributed by atoms with Crippen LogP contribution in [0.4, 0.5) is 0 Å². The normalized spacial score (nSPS) is 11.2. The van der Waals surface area contributed by atoms with E-state index in [0.29, 0.717) is 0 Å². The zero-order chi connectivity index (χ0) is 8.15. The van der Waals surface area contributed by atoms with Crippen molar-refractivity contribution in [1.29, 1.82) is 0 Å². The van der Waals surface area contributed by atoms with Gasteiger partial charge < -0.3 is 10.5 Å². The van der Waals surface area contributed by atoms with Gasteiger partial charge in [0.15, 0.2) is 0 Å². The predicted molar refractivity (Wildman–Crippen MR) is 45.8 cm³/mol. The number of carbonyl (C=O) groups is 2. The Morgan fingerprint density at radius 3 is 2.36 bits per heavy atom. The quantitative estimate of drug-likeness (QED) is 0.243. The van der Waals surface area contributed by atoms with Crippen molar-refractivity contribution in [3.63, 3.8) is 0 Å². The molecule has 0 aromatic rings. The SMILES string of the molecule is CC(S)C(=O)OC(=O)CN.[NaH]. The first kappa shape index (κ1) is 14.0. The fourth-order valence-corrected chi connectivity index (χ4v) is 0.292. The third kappa shape index (κ3) is 6.83. The number of hydrogen-bond donors (Lipinski definition) is 2. The standard InChI is InChI=1S/C5H9NO3S.Na.H/c1-3(10)5(8)9-4(7)2-6;;/h3,10H,2,6H2,1H3;;. The summed E-state index contributed by atoms with van der Waals surface area (Å²) in [7, 11) is 0. The first-order valence-electron chi connectivity index (χ1n) is 2.70. The fourth-order valence-electron chi connectivity index (χ4n) is 0.239. The summed E-state index contributed by atoms with van der Waals surface area (Å²) in [5, 5.41) is -0.588. The maximum absolute atomic E-state index is 10.5. The molecular formula is C5H10NNaO3S. The number of hydrogen-bond acceptors (Lipinski definition) is 5. The van der Waals surface area contributed by atoms with Crippen molar-refractivity contribution in [2.45, 2.75) is 12.2 Å². The molecule has 1 atom stereocenters. The number of ether oxygens (including phenoxy) is 1. The van der Waals surface area contributed by atoms with E-state index in [0.717, 1.165) is 0 Å². The van der Waals surface area contributed by atoms with Crippen LogP contribution >= 0.6 is 12.6 Å². The Morgan fingerprint density at radius 1 is 1.64 bits per heavy atom. The van der Waals surface area contributed by atoms with Gasteiger partial charge in [-0.25, -0.2) is 0 Å². The Balaban J connectivity index is 0. The molecule has 0 heterocycles. The van der Waals surface area contributed by atoms with Gasteiger partial charge in [0.1, 0.15) is 0 Å². The average molecular weight is 187 g/mol. The molecule has 0 bridgehead atoms. The van der Waals surface area contributed by atoms with Gasteiger partial charge in [-0.3, -0.25) is 9.59 Å². The van der Waals surface area contributed by atoms with Crippen LogP contribution in [-0.4, -0.2) is 53.3 Å². The van der Waals surface area contributed by atoms with Gasteiger partial charge in [0.05, 0.1) is 11.8 Å². The Kier molecular flexibility index (Phi) is 9.06. The van der Waals surface area contributed by atoms with Crippen molar-refractivity contribution in [3.05, 3.63) is 0 Å². The summed E-state index contributed by atoms with van der Waals surface area (Å²) < 4.78 is 4.18. The van der Waals surface area contributed by atoms with Crippen molar-refractivity contribution in [2.75, 3.05) is 6.54 Å². The molecule has 0 aliphatic heterocycles. The number of nitrogens with two attached hydrogens (primary N) is 1. The summed E-state index contributed by atoms with van der Waals surface area (Å²) >= 11 is 3.74. The van der Waals surface area contributed by atoms with Gasteiger partial charge >= 0.3 is 41.5 Å². The van der Waals surface area contributed by atoms with Crippen LogP contribution < -0.4 is 5.73 Å². The van der Waals surface area contributed by atoms with Crippen LogP contribution in [-0.2, 0) is 14.3 Å². The minimum absolute atomic E-state index is 0. The number of carbonyl (C=O) groups excluding carboxylic acids is 2. The van der Waals surface area contributed by atoms with Gasteiger partial charge in [-0.2, -0.15) is 12.6 Å². The Bertz CT molecular complexity index is 151. The molecule has 60 valence electrons. The molecule has 0 fully saturated rings. The van der Waals surface area contributed by atoms with Gasteiger partial charge in [0.2, 0.25) is 0 Å². The summed E-state index contributed by atoms with van der Waals surface area (Å²) in [5.41, 5.74) is 4.87. The molecule has 0 rings (SSSR count). The van der Waals surface area contributed by atoms with E-state index in [-0.39, 0.29) is 36.1 Å². The second-order valence-electron chi connectivity index (χ2n) is 1.67. The number of thiol groups is 1. The summed E-state index contributed by atoms with van der Waals surface area (Å²) in [4.78, 5) is 20.9. The number of esters is 2. The van der Waals surface area contributed by atoms with Crippen molar-refractivity contribution >= 4 is 54.1 Å². The molecule has 0 aliphatic rings. The van der Waals surface area contributed by atoms with Gasteiger partial charge in [-0.05, 0) is 6.92 Å². The third-order valence-electron chi connectivity index (χ3n) is 0.722. The molecule has 2 N–H and O–H groups in total. The summed E-state index contributed by atoms with van der Waals surface area (Å²) in [6.45, 7) is 1.22. The Morgan fingerprint density at radius 2 is 2.09 bits per heavy atom. The number of rotatable bonds is 2. The molecule has 0 aliphatic carbocycles. The molecule has 0 amide bonds. The van der Waals surface area contributed by atoms with E-state index in [1.807, 2.05) is 0 Å². The van der Waals surface area contributed by atoms with Crippen LogP contribution in [0, 0.1) is 0 Å². The molecule has 11 heavy (non-hydrogen) atoms. The van der Waals surface area contributed by atoms with Crippen molar-refractivity contribution in [1.82, 2.24) is 0 Å². The summed E-state index contributed by atoms with van der Waals surface area (Å²) in [5.74, 6) is -1.40. The van der Waals surface area contributed by atoms with Crippen molar-refractivity contribution < 1.29 is 14.3 Å². The molecule has 0 aromatic heterocycles. The minimum atomic E-state index is -0.731. The van der Waals surface area contributed by atoms with Crippen LogP contribution in [0.5, 0.6) is 0 Å².